The van der Waals surface area contributed by atoms with Crippen molar-refractivity contribution in [3.63, 3.8) is 0 Å². The van der Waals surface area contributed by atoms with E-state index in [1.807, 2.05) is 30.5 Å². The number of aliphatic hydroxyl groups is 1. The van der Waals surface area contributed by atoms with Gasteiger partial charge in [-0.05, 0) is 71.6 Å². The number of anilines is 1. The molecule has 9 heteroatoms. The highest BCUT2D eigenvalue weighted by Gasteiger charge is 2.55. The quantitative estimate of drug-likeness (QED) is 0.566. The topological polar surface area (TPSA) is 49.3 Å². The van der Waals surface area contributed by atoms with E-state index in [1.165, 1.54) is 17.8 Å². The Labute approximate surface area is 165 Å². The monoisotopic (exact) mass is 465 g/mol. The molecule has 3 nitrogen and oxygen atoms in total. The predicted octanol–water partition coefficient (Wildman–Crippen LogP) is 5.57. The summed E-state index contributed by atoms with van der Waals surface area (Å²) < 4.78 is 38.6. The van der Waals surface area contributed by atoms with E-state index in [0.29, 0.717) is 11.4 Å². The van der Waals surface area contributed by atoms with Gasteiger partial charge in [0.15, 0.2) is 0 Å². The fourth-order valence-electron chi connectivity index (χ4n) is 1.81. The highest BCUT2D eigenvalue weighted by molar-refractivity contribution is 9.10. The lowest BCUT2D eigenvalue weighted by Gasteiger charge is -2.25. The van der Waals surface area contributed by atoms with Crippen LogP contribution in [0.2, 0.25) is 0 Å². The van der Waals surface area contributed by atoms with Gasteiger partial charge < -0.3 is 10.4 Å². The van der Waals surface area contributed by atoms with Crippen molar-refractivity contribution in [1.82, 2.24) is 0 Å². The zero-order valence-corrected chi connectivity index (χ0v) is 16.9. The Kier molecular flexibility index (Phi) is 6.70. The van der Waals surface area contributed by atoms with E-state index in [2.05, 4.69) is 21.2 Å². The maximum Gasteiger partial charge on any atom is 0.426 e. The molecule has 140 valence electrons. The fraction of sp³-hybridized carbons (Fsp3) is 0.235. The minimum atomic E-state index is -5.07. The van der Waals surface area contributed by atoms with Gasteiger partial charge in [-0.1, -0.05) is 11.8 Å². The van der Waals surface area contributed by atoms with Crippen LogP contribution in [0.1, 0.15) is 6.92 Å². The van der Waals surface area contributed by atoms with Crippen LogP contribution >= 0.6 is 39.5 Å². The molecule has 2 N–H and O–H groups in total. The van der Waals surface area contributed by atoms with Gasteiger partial charge in [-0.3, -0.25) is 4.79 Å². The van der Waals surface area contributed by atoms with Crippen LogP contribution in [0.5, 0.6) is 0 Å². The van der Waals surface area contributed by atoms with E-state index >= 15 is 0 Å². The van der Waals surface area contributed by atoms with Gasteiger partial charge in [0.05, 0.1) is 5.69 Å². The number of thioether (sulfide) groups is 1. The Morgan fingerprint density at radius 3 is 2.12 bits per heavy atom. The van der Waals surface area contributed by atoms with Gasteiger partial charge in [-0.15, -0.1) is 11.8 Å². The summed E-state index contributed by atoms with van der Waals surface area (Å²) in [7, 11) is 0. The second-order valence-electron chi connectivity index (χ2n) is 5.44. The largest absolute Gasteiger partial charge is 0.426 e. The van der Waals surface area contributed by atoms with E-state index in [-0.39, 0.29) is 5.69 Å². The molecule has 1 atom stereocenters. The number of amides is 1. The molecule has 0 saturated heterocycles. The summed E-state index contributed by atoms with van der Waals surface area (Å²) in [6.07, 6.45) is -3.08. The Morgan fingerprint density at radius 2 is 1.62 bits per heavy atom. The number of nitrogens with one attached hydrogen (secondary N) is 1. The molecule has 0 bridgehead atoms. The predicted molar refractivity (Wildman–Crippen MR) is 102 cm³/mol. The minimum absolute atomic E-state index is 0.140. The number of hydrogen-bond donors (Lipinski definition) is 2. The summed E-state index contributed by atoms with van der Waals surface area (Å²) in [5.74, 6) is -1.54. The van der Waals surface area contributed by atoms with Gasteiger partial charge >= 0.3 is 6.18 Å². The van der Waals surface area contributed by atoms with Crippen LogP contribution in [0.15, 0.2) is 61.6 Å². The van der Waals surface area contributed by atoms with Gasteiger partial charge in [-0.2, -0.15) is 13.2 Å². The van der Waals surface area contributed by atoms with Gasteiger partial charge in [0.25, 0.3) is 5.91 Å². The van der Waals surface area contributed by atoms with Gasteiger partial charge in [0.1, 0.15) is 0 Å². The third-order valence-corrected chi connectivity index (χ3v) is 5.88. The number of carbonyl (C=O) groups is 1. The normalized spacial score (nSPS) is 14.0. The zero-order valence-electron chi connectivity index (χ0n) is 13.7. The average molecular weight is 466 g/mol. The van der Waals surface area contributed by atoms with Gasteiger partial charge in [0, 0.05) is 19.2 Å². The molecule has 0 aromatic heterocycles. The average Bonchev–Trinajstić information content (AvgIpc) is 2.57. The van der Waals surface area contributed by atoms with E-state index in [0.717, 1.165) is 14.7 Å². The maximum absolute atomic E-state index is 12.7. The van der Waals surface area contributed by atoms with Crippen molar-refractivity contribution in [2.45, 2.75) is 33.4 Å². The summed E-state index contributed by atoms with van der Waals surface area (Å²) >= 11 is 6.35. The molecule has 0 radical (unpaired) electrons. The molecular formula is C17H15BrF3NO2S2. The van der Waals surface area contributed by atoms with E-state index in [1.54, 1.807) is 23.9 Å². The van der Waals surface area contributed by atoms with Crippen molar-refractivity contribution >= 4 is 51.0 Å². The summed E-state index contributed by atoms with van der Waals surface area (Å²) in [5, 5.41) is 11.5. The Balaban J connectivity index is 2.12. The number of hydrogen-bond acceptors (Lipinski definition) is 4. The summed E-state index contributed by atoms with van der Waals surface area (Å²) in [6, 6.07) is 12.8. The molecule has 2 aromatic carbocycles. The van der Waals surface area contributed by atoms with Crippen molar-refractivity contribution in [2.75, 3.05) is 11.6 Å². The number of benzene rings is 2. The first-order valence-corrected chi connectivity index (χ1v) is 10.1. The second-order valence-corrected chi connectivity index (χ2v) is 8.32. The van der Waals surface area contributed by atoms with Crippen LogP contribution in [0, 0.1) is 0 Å². The molecule has 0 aliphatic rings. The highest BCUT2D eigenvalue weighted by Crippen LogP contribution is 2.35. The first-order valence-electron chi connectivity index (χ1n) is 7.26. The van der Waals surface area contributed by atoms with Crippen molar-refractivity contribution in [3.05, 3.63) is 46.9 Å². The van der Waals surface area contributed by atoms with E-state index < -0.39 is 17.7 Å². The number of rotatable bonds is 5. The fourth-order valence-corrected chi connectivity index (χ4v) is 3.71. The standard InChI is InChI=1S/C17H15BrF3NO2S2/c1-16(24,17(19,20)21)15(23)22-14-8-7-12(9-13(14)18)26-11-5-3-10(25-2)4-6-11/h3-9,24H,1-2H3,(H,22,23). The second kappa shape index (κ2) is 8.24. The molecule has 0 aliphatic carbocycles. The first kappa shape index (κ1) is 21.1. The number of alkyl halides is 3. The molecule has 1 amide bonds. The summed E-state index contributed by atoms with van der Waals surface area (Å²) in [4.78, 5) is 14.8. The smallest absolute Gasteiger partial charge is 0.373 e. The van der Waals surface area contributed by atoms with Gasteiger partial charge in [0.2, 0.25) is 5.60 Å². The lowest BCUT2D eigenvalue weighted by atomic mass is 10.1. The van der Waals surface area contributed by atoms with Crippen LogP contribution in [-0.2, 0) is 4.79 Å². The third-order valence-electron chi connectivity index (χ3n) is 3.48. The Morgan fingerprint density at radius 1 is 1.08 bits per heavy atom. The molecule has 0 saturated carbocycles. The van der Waals surface area contributed by atoms with Crippen LogP contribution in [0.4, 0.5) is 18.9 Å². The lowest BCUT2D eigenvalue weighted by molar-refractivity contribution is -0.242. The van der Waals surface area contributed by atoms with Crippen LogP contribution in [0.3, 0.4) is 0 Å². The zero-order chi connectivity index (χ0) is 19.5. The maximum atomic E-state index is 12.7. The Bertz CT molecular complexity index is 796. The molecule has 0 fully saturated rings. The molecule has 26 heavy (non-hydrogen) atoms. The number of carbonyl (C=O) groups excluding carboxylic acids is 1. The molecule has 0 aliphatic heterocycles. The first-order chi connectivity index (χ1) is 12.0. The van der Waals surface area contributed by atoms with Crippen LogP contribution in [0.25, 0.3) is 0 Å². The summed E-state index contributed by atoms with van der Waals surface area (Å²) in [6.45, 7) is 0.415. The highest BCUT2D eigenvalue weighted by atomic mass is 79.9. The molecule has 0 heterocycles. The SMILES string of the molecule is CSc1ccc(Sc2ccc(NC(=O)C(C)(O)C(F)(F)F)c(Br)c2)cc1. The number of halogens is 4. The van der Waals surface area contributed by atoms with Crippen molar-refractivity contribution < 1.29 is 23.1 Å². The van der Waals surface area contributed by atoms with Crippen LogP contribution < -0.4 is 5.32 Å². The third kappa shape index (κ3) is 4.97. The minimum Gasteiger partial charge on any atom is -0.373 e. The van der Waals surface area contributed by atoms with E-state index in [9.17, 15) is 23.1 Å². The van der Waals surface area contributed by atoms with Crippen molar-refractivity contribution in [2.24, 2.45) is 0 Å². The molecule has 2 rings (SSSR count). The van der Waals surface area contributed by atoms with Crippen molar-refractivity contribution in [1.29, 1.82) is 0 Å². The van der Waals surface area contributed by atoms with E-state index in [4.69, 9.17) is 0 Å². The molecule has 1 unspecified atom stereocenters. The van der Waals surface area contributed by atoms with Crippen molar-refractivity contribution in [3.8, 4) is 0 Å². The van der Waals surface area contributed by atoms with Crippen LogP contribution in [-0.4, -0.2) is 29.0 Å². The molecule has 2 aromatic rings. The Hall–Kier alpha value is -1.16. The van der Waals surface area contributed by atoms with Gasteiger partial charge in [-0.25, -0.2) is 0 Å². The molecular weight excluding hydrogens is 451 g/mol. The summed E-state index contributed by atoms with van der Waals surface area (Å²) in [5.41, 5.74) is -3.33. The lowest BCUT2D eigenvalue weighted by Crippen LogP contribution is -2.52. The molecule has 0 spiro atoms.